The van der Waals surface area contributed by atoms with Crippen LogP contribution < -0.4 is 5.32 Å². The molecule has 1 aliphatic carbocycles. The number of rotatable bonds is 5. The van der Waals surface area contributed by atoms with Crippen molar-refractivity contribution < 1.29 is 9.21 Å². The number of amides is 1. The normalized spacial score (nSPS) is 14.0. The van der Waals surface area contributed by atoms with E-state index >= 15 is 0 Å². The SMILES string of the molecule is C[C@H](Sc1nnc(-c2cccc(Cl)c2)o1)C(=O)Nc1ccc2c(c1)CCC2. The predicted molar refractivity (Wildman–Crippen MR) is 107 cm³/mol. The molecular weight excluding hydrogens is 382 g/mol. The molecule has 0 saturated heterocycles. The Morgan fingerprint density at radius 3 is 2.89 bits per heavy atom. The molecule has 5 nitrogen and oxygen atoms in total. The maximum atomic E-state index is 12.5. The Labute approximate surface area is 166 Å². The molecule has 1 atom stereocenters. The van der Waals surface area contributed by atoms with Crippen molar-refractivity contribution in [2.45, 2.75) is 36.7 Å². The zero-order valence-corrected chi connectivity index (χ0v) is 16.3. The van der Waals surface area contributed by atoms with Gasteiger partial charge in [0.05, 0.1) is 5.25 Å². The van der Waals surface area contributed by atoms with E-state index in [1.54, 1.807) is 12.1 Å². The Kier molecular flexibility index (Phi) is 5.18. The van der Waals surface area contributed by atoms with Crippen molar-refractivity contribution in [3.05, 3.63) is 58.6 Å². The van der Waals surface area contributed by atoms with Crippen LogP contribution in [0.1, 0.15) is 24.5 Å². The van der Waals surface area contributed by atoms with Crippen LogP contribution in [0.5, 0.6) is 0 Å². The van der Waals surface area contributed by atoms with Crippen molar-refractivity contribution in [2.75, 3.05) is 5.32 Å². The lowest BCUT2D eigenvalue weighted by atomic mass is 10.1. The van der Waals surface area contributed by atoms with E-state index in [0.29, 0.717) is 16.1 Å². The molecule has 4 rings (SSSR count). The van der Waals surface area contributed by atoms with Gasteiger partial charge in [-0.3, -0.25) is 4.79 Å². The van der Waals surface area contributed by atoms with Gasteiger partial charge in [0.2, 0.25) is 11.8 Å². The molecule has 1 aromatic heterocycles. The third-order valence-corrected chi connectivity index (χ3v) is 5.66. The van der Waals surface area contributed by atoms with Gasteiger partial charge >= 0.3 is 0 Å². The van der Waals surface area contributed by atoms with E-state index in [-0.39, 0.29) is 11.2 Å². The molecule has 1 amide bonds. The van der Waals surface area contributed by atoms with Gasteiger partial charge in [-0.15, -0.1) is 10.2 Å². The van der Waals surface area contributed by atoms with Crippen molar-refractivity contribution in [2.24, 2.45) is 0 Å². The van der Waals surface area contributed by atoms with E-state index in [2.05, 4.69) is 27.6 Å². The monoisotopic (exact) mass is 399 g/mol. The Balaban J connectivity index is 1.40. The van der Waals surface area contributed by atoms with Gasteiger partial charge in [-0.05, 0) is 67.6 Å². The molecule has 0 bridgehead atoms. The van der Waals surface area contributed by atoms with Crippen LogP contribution in [-0.4, -0.2) is 21.4 Å². The van der Waals surface area contributed by atoms with Crippen molar-refractivity contribution in [1.29, 1.82) is 0 Å². The maximum Gasteiger partial charge on any atom is 0.277 e. The summed E-state index contributed by atoms with van der Waals surface area (Å²) >= 11 is 7.22. The lowest BCUT2D eigenvalue weighted by Gasteiger charge is -2.11. The van der Waals surface area contributed by atoms with Gasteiger partial charge in [-0.1, -0.05) is 35.5 Å². The highest BCUT2D eigenvalue weighted by molar-refractivity contribution is 8.00. The Morgan fingerprint density at radius 1 is 1.19 bits per heavy atom. The number of thioether (sulfide) groups is 1. The van der Waals surface area contributed by atoms with E-state index in [4.69, 9.17) is 16.0 Å². The second-order valence-corrected chi connectivity index (χ2v) is 8.20. The molecule has 0 unspecified atom stereocenters. The molecule has 7 heteroatoms. The largest absolute Gasteiger partial charge is 0.411 e. The van der Waals surface area contributed by atoms with Crippen LogP contribution in [0.3, 0.4) is 0 Å². The highest BCUT2D eigenvalue weighted by Crippen LogP contribution is 2.29. The molecule has 0 saturated carbocycles. The second kappa shape index (κ2) is 7.74. The number of aryl methyl sites for hydroxylation is 2. The van der Waals surface area contributed by atoms with Crippen LogP contribution in [0.4, 0.5) is 5.69 Å². The number of benzene rings is 2. The van der Waals surface area contributed by atoms with Gasteiger partial charge in [0.1, 0.15) is 0 Å². The first-order chi connectivity index (χ1) is 13.1. The van der Waals surface area contributed by atoms with E-state index in [0.717, 1.165) is 24.1 Å². The molecule has 1 aliphatic rings. The average molecular weight is 400 g/mol. The van der Waals surface area contributed by atoms with Crippen molar-refractivity contribution in [3.63, 3.8) is 0 Å². The minimum absolute atomic E-state index is 0.0968. The van der Waals surface area contributed by atoms with Crippen molar-refractivity contribution in [1.82, 2.24) is 10.2 Å². The van der Waals surface area contributed by atoms with Crippen LogP contribution in [0, 0.1) is 0 Å². The van der Waals surface area contributed by atoms with Gasteiger partial charge in [0.25, 0.3) is 5.22 Å². The number of nitrogens with zero attached hydrogens (tertiary/aromatic N) is 2. The summed E-state index contributed by atoms with van der Waals surface area (Å²) in [5.41, 5.74) is 4.29. The highest BCUT2D eigenvalue weighted by atomic mass is 35.5. The van der Waals surface area contributed by atoms with Gasteiger partial charge in [0.15, 0.2) is 0 Å². The zero-order chi connectivity index (χ0) is 18.8. The average Bonchev–Trinajstić information content (AvgIpc) is 3.30. The zero-order valence-electron chi connectivity index (χ0n) is 14.7. The Morgan fingerprint density at radius 2 is 2.04 bits per heavy atom. The van der Waals surface area contributed by atoms with Crippen LogP contribution in [-0.2, 0) is 17.6 Å². The molecular formula is C20H18ClN3O2S. The van der Waals surface area contributed by atoms with Crippen LogP contribution in [0.15, 0.2) is 52.1 Å². The van der Waals surface area contributed by atoms with Crippen molar-refractivity contribution >= 4 is 35.0 Å². The number of aromatic nitrogens is 2. The third-order valence-electron chi connectivity index (χ3n) is 4.49. The van der Waals surface area contributed by atoms with Gasteiger partial charge in [-0.2, -0.15) is 0 Å². The number of anilines is 1. The maximum absolute atomic E-state index is 12.5. The molecule has 27 heavy (non-hydrogen) atoms. The predicted octanol–water partition coefficient (Wildman–Crippen LogP) is 5.00. The first-order valence-corrected chi connectivity index (χ1v) is 10.0. The number of carbonyl (C=O) groups excluding carboxylic acids is 1. The molecule has 0 radical (unpaired) electrons. The molecule has 1 heterocycles. The first-order valence-electron chi connectivity index (χ1n) is 8.77. The molecule has 3 aromatic rings. The summed E-state index contributed by atoms with van der Waals surface area (Å²) < 4.78 is 5.66. The first kappa shape index (κ1) is 18.1. The quantitative estimate of drug-likeness (QED) is 0.611. The lowest BCUT2D eigenvalue weighted by Crippen LogP contribution is -2.22. The summed E-state index contributed by atoms with van der Waals surface area (Å²) in [6.45, 7) is 1.82. The van der Waals surface area contributed by atoms with Gasteiger partial charge < -0.3 is 9.73 Å². The molecule has 138 valence electrons. The highest BCUT2D eigenvalue weighted by Gasteiger charge is 2.20. The summed E-state index contributed by atoms with van der Waals surface area (Å²) in [7, 11) is 0. The molecule has 0 aliphatic heterocycles. The third kappa shape index (κ3) is 4.17. The van der Waals surface area contributed by atoms with Gasteiger partial charge in [-0.25, -0.2) is 0 Å². The van der Waals surface area contributed by atoms with Gasteiger partial charge in [0, 0.05) is 16.3 Å². The van der Waals surface area contributed by atoms with Crippen LogP contribution >= 0.6 is 23.4 Å². The van der Waals surface area contributed by atoms with Crippen LogP contribution in [0.2, 0.25) is 5.02 Å². The number of carbonyl (C=O) groups is 1. The van der Waals surface area contributed by atoms with E-state index < -0.39 is 0 Å². The topological polar surface area (TPSA) is 68.0 Å². The van der Waals surface area contributed by atoms with E-state index in [1.807, 2.05) is 25.1 Å². The molecule has 2 aromatic carbocycles. The smallest absolute Gasteiger partial charge is 0.277 e. The van der Waals surface area contributed by atoms with Crippen molar-refractivity contribution in [3.8, 4) is 11.5 Å². The standard InChI is InChI=1S/C20H18ClN3O2S/c1-12(18(25)22-17-9-8-13-4-2-5-14(13)11-17)27-20-24-23-19(26-20)15-6-3-7-16(21)10-15/h3,6-12H,2,4-5H2,1H3,(H,22,25)/t12-/m0/s1. The minimum atomic E-state index is -0.370. The van der Waals surface area contributed by atoms with E-state index in [9.17, 15) is 4.79 Å². The summed E-state index contributed by atoms with van der Waals surface area (Å²) in [5.74, 6) is 0.284. The fourth-order valence-corrected chi connectivity index (χ4v) is 3.97. The Bertz CT molecular complexity index is 989. The number of nitrogens with one attached hydrogen (secondary N) is 1. The minimum Gasteiger partial charge on any atom is -0.411 e. The fraction of sp³-hybridized carbons (Fsp3) is 0.250. The summed E-state index contributed by atoms with van der Waals surface area (Å²) in [5, 5.41) is 11.6. The number of hydrogen-bond acceptors (Lipinski definition) is 5. The summed E-state index contributed by atoms with van der Waals surface area (Å²) in [4.78, 5) is 12.5. The molecule has 0 fully saturated rings. The fourth-order valence-electron chi connectivity index (χ4n) is 3.09. The number of fused-ring (bicyclic) bond motifs is 1. The molecule has 0 spiro atoms. The van der Waals surface area contributed by atoms with Crippen LogP contribution in [0.25, 0.3) is 11.5 Å². The molecule has 1 N–H and O–H groups in total. The Hall–Kier alpha value is -2.31. The summed E-state index contributed by atoms with van der Waals surface area (Å²) in [6, 6.07) is 13.3. The summed E-state index contributed by atoms with van der Waals surface area (Å²) in [6.07, 6.45) is 3.39. The van der Waals surface area contributed by atoms with E-state index in [1.165, 1.54) is 29.3 Å². The second-order valence-electron chi connectivity index (χ2n) is 6.47. The lowest BCUT2D eigenvalue weighted by molar-refractivity contribution is -0.115. The number of hydrogen-bond donors (Lipinski definition) is 1. The number of halogens is 1.